The molecule has 0 bridgehead atoms. The molecule has 28 heavy (non-hydrogen) atoms. The van der Waals surface area contributed by atoms with Gasteiger partial charge in [0.15, 0.2) is 0 Å². The number of para-hydroxylation sites is 2. The van der Waals surface area contributed by atoms with Crippen molar-refractivity contribution in [2.45, 2.75) is 13.0 Å². The average molecular weight is 370 g/mol. The molecular weight excluding hydrogens is 352 g/mol. The van der Waals surface area contributed by atoms with Crippen LogP contribution >= 0.6 is 0 Å². The molecule has 5 rings (SSSR count). The number of hydrogen-bond donors (Lipinski definition) is 3. The van der Waals surface area contributed by atoms with Crippen LogP contribution in [0.25, 0.3) is 10.9 Å². The van der Waals surface area contributed by atoms with Crippen LogP contribution in [0.5, 0.6) is 0 Å². The predicted octanol–water partition coefficient (Wildman–Crippen LogP) is 3.69. The molecule has 4 aromatic rings. The quantitative estimate of drug-likeness (QED) is 0.513. The Bertz CT molecular complexity index is 1200. The van der Waals surface area contributed by atoms with Crippen molar-refractivity contribution in [1.82, 2.24) is 19.7 Å². The number of H-pyrrole nitrogens is 1. The second kappa shape index (κ2) is 6.38. The zero-order chi connectivity index (χ0) is 19.1. The van der Waals surface area contributed by atoms with Gasteiger partial charge in [0.1, 0.15) is 12.4 Å². The minimum absolute atomic E-state index is 0.173. The van der Waals surface area contributed by atoms with Gasteiger partial charge in [-0.2, -0.15) is 10.1 Å². The van der Waals surface area contributed by atoms with Crippen molar-refractivity contribution in [2.24, 2.45) is 0 Å². The molecule has 3 heterocycles. The lowest BCUT2D eigenvalue weighted by Crippen LogP contribution is -2.31. The van der Waals surface area contributed by atoms with E-state index in [4.69, 9.17) is 0 Å². The van der Waals surface area contributed by atoms with E-state index in [1.54, 1.807) is 4.68 Å². The van der Waals surface area contributed by atoms with Crippen LogP contribution in [0.15, 0.2) is 78.4 Å². The van der Waals surface area contributed by atoms with Crippen LogP contribution in [0.3, 0.4) is 0 Å². The summed E-state index contributed by atoms with van der Waals surface area (Å²) in [5, 5.41) is 11.6. The van der Waals surface area contributed by atoms with Gasteiger partial charge in [-0.05, 0) is 25.1 Å². The molecular formula is C21H18N6O. The number of aromatic nitrogens is 4. The molecule has 7 nitrogen and oxygen atoms in total. The van der Waals surface area contributed by atoms with E-state index in [2.05, 4.69) is 25.7 Å². The van der Waals surface area contributed by atoms with Crippen molar-refractivity contribution < 1.29 is 4.79 Å². The van der Waals surface area contributed by atoms with Gasteiger partial charge in [0.2, 0.25) is 5.95 Å². The van der Waals surface area contributed by atoms with E-state index >= 15 is 0 Å². The second-order valence-electron chi connectivity index (χ2n) is 6.70. The number of benzene rings is 2. The number of nitrogens with zero attached hydrogens (tertiary/aromatic N) is 3. The Labute approximate surface area is 161 Å². The number of carbonyl (C=O) groups excluding carboxylic acids is 1. The number of aromatic amines is 1. The maximum absolute atomic E-state index is 13.3. The molecule has 1 aliphatic rings. The van der Waals surface area contributed by atoms with Gasteiger partial charge in [0, 0.05) is 34.0 Å². The summed E-state index contributed by atoms with van der Waals surface area (Å²) in [4.78, 5) is 20.9. The second-order valence-corrected chi connectivity index (χ2v) is 6.70. The molecule has 0 unspecified atom stereocenters. The van der Waals surface area contributed by atoms with Gasteiger partial charge < -0.3 is 15.6 Å². The van der Waals surface area contributed by atoms with Crippen LogP contribution < -0.4 is 10.6 Å². The minimum atomic E-state index is -0.390. The Morgan fingerprint density at radius 1 is 1.11 bits per heavy atom. The largest absolute Gasteiger partial charge is 0.361 e. The summed E-state index contributed by atoms with van der Waals surface area (Å²) in [6.07, 6.45) is 3.44. The number of amides is 1. The fourth-order valence-electron chi connectivity index (χ4n) is 3.71. The standard InChI is InChI=1S/C21H18N6O/c1-13-18(20(28)26-14-7-3-2-4-8-14)19(27-21(25-13)23-12-24-27)16-11-22-17-10-6-5-9-15(16)17/h2-12,19,22H,1H3,(H,26,28)(H,23,24,25)/t19-/m1/s1. The summed E-state index contributed by atoms with van der Waals surface area (Å²) in [6, 6.07) is 17.1. The Balaban J connectivity index is 1.64. The van der Waals surface area contributed by atoms with Crippen molar-refractivity contribution in [3.05, 3.63) is 84.0 Å². The van der Waals surface area contributed by atoms with Crippen molar-refractivity contribution in [2.75, 3.05) is 10.6 Å². The Kier molecular flexibility index (Phi) is 3.72. The lowest BCUT2D eigenvalue weighted by Gasteiger charge is -2.28. The minimum Gasteiger partial charge on any atom is -0.361 e. The highest BCUT2D eigenvalue weighted by Gasteiger charge is 2.34. The summed E-state index contributed by atoms with van der Waals surface area (Å²) in [5.41, 5.74) is 4.09. The first-order chi connectivity index (χ1) is 13.7. The van der Waals surface area contributed by atoms with Crippen LogP contribution in [0, 0.1) is 0 Å². The number of anilines is 2. The summed E-state index contributed by atoms with van der Waals surface area (Å²) < 4.78 is 1.75. The van der Waals surface area contributed by atoms with Crippen LogP contribution in [0.4, 0.5) is 11.6 Å². The van der Waals surface area contributed by atoms with Crippen molar-refractivity contribution in [1.29, 1.82) is 0 Å². The zero-order valence-corrected chi connectivity index (χ0v) is 15.2. The van der Waals surface area contributed by atoms with Gasteiger partial charge >= 0.3 is 0 Å². The molecule has 0 spiro atoms. The van der Waals surface area contributed by atoms with Gasteiger partial charge in [0.25, 0.3) is 5.91 Å². The number of hydrogen-bond acceptors (Lipinski definition) is 4. The Morgan fingerprint density at radius 2 is 1.89 bits per heavy atom. The topological polar surface area (TPSA) is 87.6 Å². The third kappa shape index (κ3) is 2.56. The van der Waals surface area contributed by atoms with Gasteiger partial charge in [-0.1, -0.05) is 36.4 Å². The monoisotopic (exact) mass is 370 g/mol. The normalized spacial score (nSPS) is 16.0. The van der Waals surface area contributed by atoms with E-state index < -0.39 is 6.04 Å². The van der Waals surface area contributed by atoms with E-state index in [-0.39, 0.29) is 5.91 Å². The SMILES string of the molecule is CC1=C(C(=O)Nc2ccccc2)[C@@H](c2c[nH]c3ccccc23)n2ncnc2N1. The molecule has 3 N–H and O–H groups in total. The summed E-state index contributed by atoms with van der Waals surface area (Å²) >= 11 is 0. The molecule has 1 atom stereocenters. The number of nitrogens with one attached hydrogen (secondary N) is 3. The Morgan fingerprint density at radius 3 is 2.75 bits per heavy atom. The van der Waals surface area contributed by atoms with E-state index in [1.165, 1.54) is 6.33 Å². The summed E-state index contributed by atoms with van der Waals surface area (Å²) in [6.45, 7) is 1.89. The van der Waals surface area contributed by atoms with Gasteiger partial charge in [-0.25, -0.2) is 4.68 Å². The number of rotatable bonds is 3. The van der Waals surface area contributed by atoms with Crippen LogP contribution in [-0.2, 0) is 4.79 Å². The number of allylic oxidation sites excluding steroid dienone is 1. The smallest absolute Gasteiger partial charge is 0.255 e. The molecule has 1 aliphatic heterocycles. The van der Waals surface area contributed by atoms with Crippen LogP contribution in [0.2, 0.25) is 0 Å². The molecule has 0 fully saturated rings. The maximum atomic E-state index is 13.3. The van der Waals surface area contributed by atoms with Crippen molar-refractivity contribution in [3.63, 3.8) is 0 Å². The molecule has 1 amide bonds. The number of fused-ring (bicyclic) bond motifs is 2. The highest BCUT2D eigenvalue weighted by molar-refractivity contribution is 6.06. The molecule has 0 saturated heterocycles. The van der Waals surface area contributed by atoms with Gasteiger partial charge in [-0.15, -0.1) is 0 Å². The van der Waals surface area contributed by atoms with E-state index in [0.29, 0.717) is 11.5 Å². The summed E-state index contributed by atoms with van der Waals surface area (Å²) in [7, 11) is 0. The first-order valence-electron chi connectivity index (χ1n) is 9.02. The lowest BCUT2D eigenvalue weighted by molar-refractivity contribution is -0.113. The highest BCUT2D eigenvalue weighted by atomic mass is 16.1. The fraction of sp³-hybridized carbons (Fsp3) is 0.0952. The third-order valence-corrected chi connectivity index (χ3v) is 4.99. The van der Waals surface area contributed by atoms with Crippen molar-refractivity contribution in [3.8, 4) is 0 Å². The molecule has 0 radical (unpaired) electrons. The van der Waals surface area contributed by atoms with E-state index in [1.807, 2.05) is 67.7 Å². The van der Waals surface area contributed by atoms with E-state index in [9.17, 15) is 4.79 Å². The van der Waals surface area contributed by atoms with Crippen LogP contribution in [-0.4, -0.2) is 25.7 Å². The lowest BCUT2D eigenvalue weighted by atomic mass is 9.94. The molecule has 2 aromatic heterocycles. The van der Waals surface area contributed by atoms with Gasteiger partial charge in [-0.3, -0.25) is 4.79 Å². The predicted molar refractivity (Wildman–Crippen MR) is 108 cm³/mol. The molecule has 138 valence electrons. The number of carbonyl (C=O) groups is 1. The van der Waals surface area contributed by atoms with Gasteiger partial charge in [0.05, 0.1) is 5.57 Å². The van der Waals surface area contributed by atoms with Crippen molar-refractivity contribution >= 4 is 28.4 Å². The molecule has 7 heteroatoms. The first kappa shape index (κ1) is 16.3. The highest BCUT2D eigenvalue weighted by Crippen LogP contribution is 2.38. The summed E-state index contributed by atoms with van der Waals surface area (Å²) in [5.74, 6) is 0.441. The van der Waals surface area contributed by atoms with Crippen LogP contribution in [0.1, 0.15) is 18.5 Å². The maximum Gasteiger partial charge on any atom is 0.255 e. The Hall–Kier alpha value is -3.87. The fourth-order valence-corrected chi connectivity index (χ4v) is 3.71. The zero-order valence-electron chi connectivity index (χ0n) is 15.2. The first-order valence-corrected chi connectivity index (χ1v) is 9.02. The molecule has 0 saturated carbocycles. The average Bonchev–Trinajstić information content (AvgIpc) is 3.34. The third-order valence-electron chi connectivity index (χ3n) is 4.99. The molecule has 0 aliphatic carbocycles. The molecule has 2 aromatic carbocycles. The van der Waals surface area contributed by atoms with E-state index in [0.717, 1.165) is 27.9 Å².